The first-order valence-corrected chi connectivity index (χ1v) is 5.66. The fourth-order valence-corrected chi connectivity index (χ4v) is 1.32. The fourth-order valence-electron chi connectivity index (χ4n) is 1.16. The maximum absolute atomic E-state index is 11.4. The summed E-state index contributed by atoms with van der Waals surface area (Å²) in [7, 11) is 0. The third-order valence-electron chi connectivity index (χ3n) is 1.80. The van der Waals surface area contributed by atoms with Gasteiger partial charge >= 0.3 is 6.03 Å². The molecule has 2 amide bonds. The highest BCUT2D eigenvalue weighted by Gasteiger charge is 2.08. The van der Waals surface area contributed by atoms with Gasteiger partial charge in [0.2, 0.25) is 0 Å². The molecule has 0 aliphatic rings. The van der Waals surface area contributed by atoms with Gasteiger partial charge in [-0.25, -0.2) is 10.3 Å². The molecule has 0 unspecified atom stereocenters. The molecule has 1 aromatic carbocycles. The van der Waals surface area contributed by atoms with E-state index in [0.717, 1.165) is 0 Å². The van der Waals surface area contributed by atoms with E-state index < -0.39 is 6.03 Å². The van der Waals surface area contributed by atoms with Crippen LogP contribution in [-0.4, -0.2) is 19.2 Å². The van der Waals surface area contributed by atoms with Crippen LogP contribution in [0, 0.1) is 0 Å². The zero-order valence-corrected chi connectivity index (χ0v) is 10.5. The predicted molar refractivity (Wildman–Crippen MR) is 66.4 cm³/mol. The number of rotatable bonds is 5. The molecule has 6 heteroatoms. The monoisotopic (exact) mass is 258 g/mol. The number of hydrogen-bond acceptors (Lipinski definition) is 3. The van der Waals surface area contributed by atoms with Crippen molar-refractivity contribution in [3.63, 3.8) is 0 Å². The third kappa shape index (κ3) is 4.50. The molecule has 0 aliphatic heterocycles. The number of carbonyl (C=O) groups excluding carboxylic acids is 1. The molecule has 0 aromatic heterocycles. The van der Waals surface area contributed by atoms with Gasteiger partial charge in [0.05, 0.1) is 18.9 Å². The Morgan fingerprint density at radius 2 is 2.12 bits per heavy atom. The Kier molecular flexibility index (Phi) is 5.59. The molecule has 0 heterocycles. The molecule has 1 rings (SSSR count). The van der Waals surface area contributed by atoms with Gasteiger partial charge in [0.25, 0.3) is 0 Å². The van der Waals surface area contributed by atoms with Gasteiger partial charge in [-0.3, -0.25) is 4.84 Å². The molecule has 94 valence electrons. The Morgan fingerprint density at radius 3 is 2.76 bits per heavy atom. The smallest absolute Gasteiger partial charge is 0.343 e. The molecule has 0 bridgehead atoms. The number of ether oxygens (including phenoxy) is 1. The van der Waals surface area contributed by atoms with Crippen molar-refractivity contribution >= 4 is 23.3 Å². The molecule has 0 saturated carbocycles. The van der Waals surface area contributed by atoms with E-state index >= 15 is 0 Å². The number of nitrogens with one attached hydrogen (secondary N) is 2. The minimum absolute atomic E-state index is 0.395. The molecular weight excluding hydrogens is 244 g/mol. The molecule has 0 spiro atoms. The van der Waals surface area contributed by atoms with Crippen molar-refractivity contribution in [1.82, 2.24) is 5.48 Å². The lowest BCUT2D eigenvalue weighted by molar-refractivity contribution is 0.0758. The van der Waals surface area contributed by atoms with Gasteiger partial charge < -0.3 is 10.1 Å². The van der Waals surface area contributed by atoms with Gasteiger partial charge in [0, 0.05) is 11.1 Å². The minimum atomic E-state index is -0.463. The Labute approximate surface area is 105 Å². The third-order valence-corrected chi connectivity index (χ3v) is 2.04. The molecule has 0 saturated heterocycles. The molecule has 0 fully saturated rings. The summed E-state index contributed by atoms with van der Waals surface area (Å²) in [6.45, 7) is 4.51. The molecule has 0 radical (unpaired) electrons. The van der Waals surface area contributed by atoms with Gasteiger partial charge in [0.15, 0.2) is 0 Å². The van der Waals surface area contributed by atoms with Crippen LogP contribution in [0.15, 0.2) is 18.2 Å². The van der Waals surface area contributed by atoms with Crippen molar-refractivity contribution < 1.29 is 14.4 Å². The number of amides is 2. The van der Waals surface area contributed by atoms with Crippen molar-refractivity contribution in [3.8, 4) is 5.75 Å². The normalized spacial score (nSPS) is 9.82. The summed E-state index contributed by atoms with van der Waals surface area (Å²) in [4.78, 5) is 16.1. The second-order valence-electron chi connectivity index (χ2n) is 3.06. The predicted octanol–water partition coefficient (Wildman–Crippen LogP) is 2.81. The summed E-state index contributed by atoms with van der Waals surface area (Å²) in [5.74, 6) is 0.520. The quantitative estimate of drug-likeness (QED) is 0.799. The van der Waals surface area contributed by atoms with E-state index in [2.05, 4.69) is 10.8 Å². The molecule has 2 N–H and O–H groups in total. The molecule has 0 atom stereocenters. The molecule has 0 aliphatic carbocycles. The van der Waals surface area contributed by atoms with Gasteiger partial charge in [0.1, 0.15) is 5.75 Å². The lowest BCUT2D eigenvalue weighted by Crippen LogP contribution is -2.29. The van der Waals surface area contributed by atoms with Crippen LogP contribution >= 0.6 is 11.6 Å². The molecule has 5 nitrogen and oxygen atoms in total. The summed E-state index contributed by atoms with van der Waals surface area (Å²) in [5, 5.41) is 3.14. The highest BCUT2D eigenvalue weighted by molar-refractivity contribution is 6.30. The number of carbonyl (C=O) groups is 1. The van der Waals surface area contributed by atoms with E-state index in [1.165, 1.54) is 0 Å². The van der Waals surface area contributed by atoms with Crippen molar-refractivity contribution in [3.05, 3.63) is 23.2 Å². The Hall–Kier alpha value is -1.46. The van der Waals surface area contributed by atoms with Gasteiger partial charge in [-0.15, -0.1) is 0 Å². The topological polar surface area (TPSA) is 59.6 Å². The molecular formula is C11H15ClN2O3. The Bertz CT molecular complexity index is 385. The van der Waals surface area contributed by atoms with Crippen LogP contribution in [0.25, 0.3) is 0 Å². The average Bonchev–Trinajstić information content (AvgIpc) is 2.30. The Balaban J connectivity index is 2.72. The van der Waals surface area contributed by atoms with Crippen LogP contribution in [0.2, 0.25) is 5.02 Å². The van der Waals surface area contributed by atoms with Crippen molar-refractivity contribution in [2.24, 2.45) is 0 Å². The highest BCUT2D eigenvalue weighted by Crippen LogP contribution is 2.28. The van der Waals surface area contributed by atoms with E-state index in [1.807, 2.05) is 6.92 Å². The van der Waals surface area contributed by atoms with E-state index in [4.69, 9.17) is 21.2 Å². The number of hydroxylamine groups is 1. The highest BCUT2D eigenvalue weighted by atomic mass is 35.5. The van der Waals surface area contributed by atoms with Crippen LogP contribution in [0.3, 0.4) is 0 Å². The summed E-state index contributed by atoms with van der Waals surface area (Å²) in [6.07, 6.45) is 0. The van der Waals surface area contributed by atoms with Crippen molar-refractivity contribution in [2.75, 3.05) is 18.5 Å². The number of benzene rings is 1. The summed E-state index contributed by atoms with van der Waals surface area (Å²) in [5.41, 5.74) is 2.76. The van der Waals surface area contributed by atoms with Crippen LogP contribution in [0.1, 0.15) is 13.8 Å². The van der Waals surface area contributed by atoms with Gasteiger partial charge in [-0.1, -0.05) is 11.6 Å². The standard InChI is InChI=1S/C11H15ClN2O3/c1-3-16-10-7-8(12)5-6-9(10)13-11(15)14-17-4-2/h5-7H,3-4H2,1-2H3,(H2,13,14,15). The molecule has 1 aromatic rings. The average molecular weight is 259 g/mol. The van der Waals surface area contributed by atoms with Crippen LogP contribution in [0.4, 0.5) is 10.5 Å². The van der Waals surface area contributed by atoms with Crippen molar-refractivity contribution in [1.29, 1.82) is 0 Å². The van der Waals surface area contributed by atoms with Crippen molar-refractivity contribution in [2.45, 2.75) is 13.8 Å². The first kappa shape index (κ1) is 13.6. The van der Waals surface area contributed by atoms with Gasteiger partial charge in [-0.2, -0.15) is 0 Å². The summed E-state index contributed by atoms with van der Waals surface area (Å²) in [6, 6.07) is 4.51. The first-order chi connectivity index (χ1) is 8.17. The SMILES string of the molecule is CCONC(=O)Nc1ccc(Cl)cc1OCC. The zero-order valence-electron chi connectivity index (χ0n) is 9.75. The number of hydrogen-bond donors (Lipinski definition) is 2. The van der Waals surface area contributed by atoms with Crippen LogP contribution < -0.4 is 15.5 Å². The minimum Gasteiger partial charge on any atom is -0.492 e. The number of halogens is 1. The maximum atomic E-state index is 11.4. The second-order valence-corrected chi connectivity index (χ2v) is 3.50. The Morgan fingerprint density at radius 1 is 1.35 bits per heavy atom. The van der Waals surface area contributed by atoms with E-state index in [9.17, 15) is 4.79 Å². The fraction of sp³-hybridized carbons (Fsp3) is 0.364. The van der Waals surface area contributed by atoms with Gasteiger partial charge in [-0.05, 0) is 26.0 Å². The summed E-state index contributed by atoms with van der Waals surface area (Å²) < 4.78 is 5.36. The van der Waals surface area contributed by atoms with E-state index in [0.29, 0.717) is 29.7 Å². The molecule has 17 heavy (non-hydrogen) atoms. The zero-order chi connectivity index (χ0) is 12.7. The number of urea groups is 1. The lowest BCUT2D eigenvalue weighted by atomic mass is 10.3. The first-order valence-electron chi connectivity index (χ1n) is 5.28. The number of anilines is 1. The second kappa shape index (κ2) is 6.98. The van der Waals surface area contributed by atoms with Crippen LogP contribution in [-0.2, 0) is 4.84 Å². The largest absolute Gasteiger partial charge is 0.492 e. The maximum Gasteiger partial charge on any atom is 0.343 e. The lowest BCUT2D eigenvalue weighted by Gasteiger charge is -2.12. The van der Waals surface area contributed by atoms with Crippen LogP contribution in [0.5, 0.6) is 5.75 Å². The van der Waals surface area contributed by atoms with E-state index in [-0.39, 0.29) is 0 Å². The van der Waals surface area contributed by atoms with E-state index in [1.54, 1.807) is 25.1 Å². The summed E-state index contributed by atoms with van der Waals surface area (Å²) >= 11 is 5.84.